The quantitative estimate of drug-likeness (QED) is 0.519. The highest BCUT2D eigenvalue weighted by Gasteiger charge is 2.46. The minimum Gasteiger partial charge on any atom is -0.329 e. The van der Waals surface area contributed by atoms with Gasteiger partial charge in [0.15, 0.2) is 0 Å². The molecule has 0 radical (unpaired) electrons. The molecule has 2 heterocycles. The molecule has 0 amide bonds. The fourth-order valence-corrected chi connectivity index (χ4v) is 3.18. The molecular formula is C22H18F5N5. The van der Waals surface area contributed by atoms with Crippen molar-refractivity contribution in [3.05, 3.63) is 59.2 Å². The van der Waals surface area contributed by atoms with E-state index in [0.29, 0.717) is 29.7 Å². The van der Waals surface area contributed by atoms with Crippen LogP contribution < -0.4 is 15.2 Å². The average molecular weight is 447 g/mol. The van der Waals surface area contributed by atoms with Gasteiger partial charge in [0, 0.05) is 23.9 Å². The Kier molecular flexibility index (Phi) is 5.07. The molecule has 4 rings (SSSR count). The number of nitrogens with one attached hydrogen (secondary N) is 1. The molecule has 2 aliphatic heterocycles. The van der Waals surface area contributed by atoms with Crippen molar-refractivity contribution in [1.29, 1.82) is 0 Å². The largest absolute Gasteiger partial charge is 0.404 e. The van der Waals surface area contributed by atoms with Crippen LogP contribution in [0.4, 0.5) is 33.3 Å². The third kappa shape index (κ3) is 3.86. The molecule has 2 aromatic carbocycles. The summed E-state index contributed by atoms with van der Waals surface area (Å²) in [4.78, 5) is 7.73. The maximum atomic E-state index is 14.3. The number of anilines is 2. The van der Waals surface area contributed by atoms with Crippen LogP contribution in [0.5, 0.6) is 0 Å². The van der Waals surface area contributed by atoms with Gasteiger partial charge in [0.1, 0.15) is 29.6 Å². The number of hydrogen-bond acceptors (Lipinski definition) is 5. The molecule has 0 unspecified atom stereocenters. The molecular weight excluding hydrogens is 429 g/mol. The van der Waals surface area contributed by atoms with Crippen LogP contribution in [0.25, 0.3) is 0 Å². The Balaban J connectivity index is 1.75. The van der Waals surface area contributed by atoms with Crippen molar-refractivity contribution >= 4 is 23.2 Å². The average Bonchev–Trinajstić information content (AvgIpc) is 3.18. The lowest BCUT2D eigenvalue weighted by Gasteiger charge is -2.30. The molecule has 2 aromatic rings. The van der Waals surface area contributed by atoms with Crippen LogP contribution >= 0.6 is 0 Å². The predicted molar refractivity (Wildman–Crippen MR) is 112 cm³/mol. The van der Waals surface area contributed by atoms with E-state index in [9.17, 15) is 22.0 Å². The fourth-order valence-electron chi connectivity index (χ4n) is 3.18. The highest BCUT2D eigenvalue weighted by Crippen LogP contribution is 2.37. The minimum atomic E-state index is -4.53. The number of nitrogens with zero attached hydrogens (tertiary/aromatic N) is 4. The van der Waals surface area contributed by atoms with Crippen LogP contribution in [0.3, 0.4) is 0 Å². The van der Waals surface area contributed by atoms with Crippen LogP contribution in [0.15, 0.2) is 46.5 Å². The van der Waals surface area contributed by atoms with Crippen molar-refractivity contribution in [3.63, 3.8) is 0 Å². The number of aliphatic imine (C=N–C) groups is 1. The van der Waals surface area contributed by atoms with Crippen molar-refractivity contribution in [2.45, 2.75) is 20.0 Å². The maximum absolute atomic E-state index is 14.3. The molecule has 0 bridgehead atoms. The Morgan fingerprint density at radius 1 is 1.06 bits per heavy atom. The molecule has 2 aliphatic rings. The number of halogens is 5. The number of alkyl halides is 3. The first-order valence-electron chi connectivity index (χ1n) is 9.57. The molecule has 10 heteroatoms. The monoisotopic (exact) mass is 447 g/mol. The maximum Gasteiger partial charge on any atom is 0.404 e. The highest BCUT2D eigenvalue weighted by atomic mass is 19.4. The van der Waals surface area contributed by atoms with Gasteiger partial charge in [-0.25, -0.2) is 8.78 Å². The molecule has 0 spiro atoms. The zero-order valence-corrected chi connectivity index (χ0v) is 17.3. The Morgan fingerprint density at radius 3 is 2.53 bits per heavy atom. The van der Waals surface area contributed by atoms with Gasteiger partial charge in [-0.1, -0.05) is 11.8 Å². The summed E-state index contributed by atoms with van der Waals surface area (Å²) in [6.07, 6.45) is -4.53. The van der Waals surface area contributed by atoms with E-state index in [1.54, 1.807) is 18.0 Å². The van der Waals surface area contributed by atoms with Gasteiger partial charge in [-0.2, -0.15) is 18.2 Å². The van der Waals surface area contributed by atoms with Gasteiger partial charge in [0.25, 0.3) is 5.96 Å². The van der Waals surface area contributed by atoms with Crippen LogP contribution in [0.2, 0.25) is 0 Å². The standard InChI is InChI=1S/C22H18F5N5/c1-21(2,22(25,26)27)7-6-13-8-15(24)10-16(9-13)31(3)19-17-11-14(23)4-5-18(17)32-12-28-30-20(32)29-19/h4-5,8-11,28H,12H2,1-3H3. The van der Waals surface area contributed by atoms with E-state index in [1.807, 2.05) is 0 Å². The summed E-state index contributed by atoms with van der Waals surface area (Å²) in [5.41, 5.74) is 2.03. The molecule has 0 atom stereocenters. The second-order valence-corrected chi connectivity index (χ2v) is 7.88. The van der Waals surface area contributed by atoms with E-state index in [-0.39, 0.29) is 11.3 Å². The van der Waals surface area contributed by atoms with Gasteiger partial charge in [0.2, 0.25) is 0 Å². The summed E-state index contributed by atoms with van der Waals surface area (Å²) < 4.78 is 67.6. The second-order valence-electron chi connectivity index (χ2n) is 7.88. The van der Waals surface area contributed by atoms with E-state index in [4.69, 9.17) is 0 Å². The third-order valence-electron chi connectivity index (χ3n) is 5.16. The molecule has 0 fully saturated rings. The van der Waals surface area contributed by atoms with Crippen molar-refractivity contribution in [1.82, 2.24) is 5.43 Å². The first kappa shape index (κ1) is 21.6. The second kappa shape index (κ2) is 7.51. The topological polar surface area (TPSA) is 43.2 Å². The number of guanidine groups is 1. The molecule has 0 saturated carbocycles. The molecule has 0 saturated heterocycles. The summed E-state index contributed by atoms with van der Waals surface area (Å²) in [6.45, 7) is 2.27. The van der Waals surface area contributed by atoms with E-state index in [0.717, 1.165) is 19.9 Å². The van der Waals surface area contributed by atoms with Gasteiger partial charge in [-0.15, -0.1) is 5.10 Å². The lowest BCUT2D eigenvalue weighted by Crippen LogP contribution is -2.39. The Labute approximate surface area is 181 Å². The zero-order chi connectivity index (χ0) is 23.3. The smallest absolute Gasteiger partial charge is 0.329 e. The van der Waals surface area contributed by atoms with E-state index in [1.165, 1.54) is 29.2 Å². The van der Waals surface area contributed by atoms with Crippen molar-refractivity contribution < 1.29 is 22.0 Å². The lowest BCUT2D eigenvalue weighted by molar-refractivity contribution is -0.190. The van der Waals surface area contributed by atoms with E-state index in [2.05, 4.69) is 27.4 Å². The van der Waals surface area contributed by atoms with Crippen molar-refractivity contribution in [3.8, 4) is 11.8 Å². The normalized spacial score (nSPS) is 15.1. The third-order valence-corrected chi connectivity index (χ3v) is 5.16. The van der Waals surface area contributed by atoms with Crippen LogP contribution in [-0.4, -0.2) is 31.7 Å². The van der Waals surface area contributed by atoms with E-state index >= 15 is 0 Å². The van der Waals surface area contributed by atoms with Crippen LogP contribution in [0.1, 0.15) is 25.0 Å². The van der Waals surface area contributed by atoms with Gasteiger partial charge < -0.3 is 4.90 Å². The Bertz CT molecular complexity index is 1200. The predicted octanol–water partition coefficient (Wildman–Crippen LogP) is 4.44. The summed E-state index contributed by atoms with van der Waals surface area (Å²) in [5.74, 6) is 4.09. The number of hydrogen-bond donors (Lipinski definition) is 1. The number of amidine groups is 1. The number of benzene rings is 2. The minimum absolute atomic E-state index is 0.0709. The summed E-state index contributed by atoms with van der Waals surface area (Å²) >= 11 is 0. The molecule has 166 valence electrons. The van der Waals surface area contributed by atoms with Gasteiger partial charge in [-0.05, 0) is 50.2 Å². The number of rotatable bonds is 1. The molecule has 5 nitrogen and oxygen atoms in total. The molecule has 32 heavy (non-hydrogen) atoms. The van der Waals surface area contributed by atoms with Crippen LogP contribution in [-0.2, 0) is 0 Å². The van der Waals surface area contributed by atoms with Crippen molar-refractivity contribution in [2.75, 3.05) is 23.5 Å². The van der Waals surface area contributed by atoms with Crippen molar-refractivity contribution in [2.24, 2.45) is 15.5 Å². The first-order valence-corrected chi connectivity index (χ1v) is 9.57. The Morgan fingerprint density at radius 2 is 1.81 bits per heavy atom. The molecule has 0 aliphatic carbocycles. The van der Waals surface area contributed by atoms with E-state index < -0.39 is 23.2 Å². The highest BCUT2D eigenvalue weighted by molar-refractivity contribution is 6.23. The fraction of sp³-hybridized carbons (Fsp3) is 0.273. The van der Waals surface area contributed by atoms with Gasteiger partial charge in [-0.3, -0.25) is 10.3 Å². The molecule has 0 aromatic heterocycles. The first-order chi connectivity index (χ1) is 15.0. The number of fused-ring (bicyclic) bond motifs is 3. The van der Waals surface area contributed by atoms with Crippen LogP contribution in [0, 0.1) is 28.9 Å². The summed E-state index contributed by atoms with van der Waals surface area (Å²) in [7, 11) is 1.59. The van der Waals surface area contributed by atoms with Gasteiger partial charge >= 0.3 is 6.18 Å². The molecule has 1 N–H and O–H groups in total. The Hall–Kier alpha value is -3.61. The summed E-state index contributed by atoms with van der Waals surface area (Å²) in [5, 5.41) is 4.10. The summed E-state index contributed by atoms with van der Waals surface area (Å²) in [6, 6.07) is 7.92. The lowest BCUT2D eigenvalue weighted by atomic mass is 9.93. The zero-order valence-electron chi connectivity index (χ0n) is 17.3. The van der Waals surface area contributed by atoms with Gasteiger partial charge in [0.05, 0.1) is 5.69 Å². The number of hydrazone groups is 1. The SMILES string of the molecule is CN(C1=NC2=NNCN2c2ccc(F)cc21)c1cc(F)cc(C#CC(C)(C)C(F)(F)F)c1.